The van der Waals surface area contributed by atoms with Gasteiger partial charge in [0.15, 0.2) is 0 Å². The molecule has 1 amide bonds. The zero-order valence-electron chi connectivity index (χ0n) is 15.3. The molecule has 1 fully saturated rings. The molecule has 1 aliphatic heterocycles. The zero-order valence-corrected chi connectivity index (χ0v) is 15.3. The van der Waals surface area contributed by atoms with E-state index in [1.54, 1.807) is 0 Å². The van der Waals surface area contributed by atoms with Crippen LogP contribution < -0.4 is 0 Å². The molecule has 0 aliphatic carbocycles. The number of para-hydroxylation sites is 2. The summed E-state index contributed by atoms with van der Waals surface area (Å²) >= 11 is 0. The number of fused-ring (bicyclic) bond motifs is 1. The lowest BCUT2D eigenvalue weighted by Gasteiger charge is -2.41. The van der Waals surface area contributed by atoms with Crippen LogP contribution in [-0.2, 0) is 11.2 Å². The summed E-state index contributed by atoms with van der Waals surface area (Å²) in [4.78, 5) is 24.3. The fourth-order valence-corrected chi connectivity index (χ4v) is 3.83. The van der Waals surface area contributed by atoms with E-state index in [0.29, 0.717) is 5.92 Å². The average Bonchev–Trinajstić information content (AvgIpc) is 3.01. The Kier molecular flexibility index (Phi) is 4.45. The molecule has 26 heavy (non-hydrogen) atoms. The van der Waals surface area contributed by atoms with Gasteiger partial charge in [0.2, 0.25) is 5.91 Å². The molecule has 0 bridgehead atoms. The maximum absolute atomic E-state index is 13.2. The van der Waals surface area contributed by atoms with Gasteiger partial charge in [0.1, 0.15) is 11.9 Å². The lowest BCUT2D eigenvalue weighted by atomic mass is 9.94. The van der Waals surface area contributed by atoms with Crippen molar-refractivity contribution in [3.05, 3.63) is 60.2 Å². The van der Waals surface area contributed by atoms with Crippen molar-refractivity contribution in [2.75, 3.05) is 13.1 Å². The molecule has 134 valence electrons. The molecule has 3 heterocycles. The number of benzene rings is 1. The third-order valence-electron chi connectivity index (χ3n) is 5.27. The number of amides is 1. The summed E-state index contributed by atoms with van der Waals surface area (Å²) in [6, 6.07) is 13.9. The second kappa shape index (κ2) is 6.90. The number of hydrogen-bond acceptors (Lipinski definition) is 3. The van der Waals surface area contributed by atoms with Crippen LogP contribution >= 0.6 is 0 Å². The summed E-state index contributed by atoms with van der Waals surface area (Å²) in [5, 5.41) is 0. The van der Waals surface area contributed by atoms with E-state index in [-0.39, 0.29) is 11.9 Å². The van der Waals surface area contributed by atoms with Gasteiger partial charge in [-0.3, -0.25) is 9.78 Å². The van der Waals surface area contributed by atoms with Gasteiger partial charge in [0.25, 0.3) is 0 Å². The van der Waals surface area contributed by atoms with Crippen molar-refractivity contribution >= 4 is 16.9 Å². The SMILES string of the molecule is CCc1nc2ccccc2n1C(CC)C(=O)N1CC(c2ccccn2)C1. The molecular weight excluding hydrogens is 324 g/mol. The Balaban J connectivity index is 1.58. The van der Waals surface area contributed by atoms with Crippen LogP contribution in [0.1, 0.15) is 43.7 Å². The van der Waals surface area contributed by atoms with Crippen LogP contribution in [0.5, 0.6) is 0 Å². The van der Waals surface area contributed by atoms with E-state index >= 15 is 0 Å². The number of nitrogens with zero attached hydrogens (tertiary/aromatic N) is 4. The van der Waals surface area contributed by atoms with Gasteiger partial charge in [-0.15, -0.1) is 0 Å². The van der Waals surface area contributed by atoms with Crippen LogP contribution in [0.15, 0.2) is 48.7 Å². The van der Waals surface area contributed by atoms with Gasteiger partial charge in [-0.25, -0.2) is 4.98 Å². The van der Waals surface area contributed by atoms with E-state index in [9.17, 15) is 4.79 Å². The standard InChI is InChI=1S/C21H24N4O/c1-3-18(25-19-11-6-5-10-17(19)23-20(25)4-2)21(26)24-13-15(14-24)16-9-7-8-12-22-16/h5-12,15,18H,3-4,13-14H2,1-2H3. The van der Waals surface area contributed by atoms with E-state index in [4.69, 9.17) is 4.98 Å². The molecule has 3 aromatic rings. The molecule has 1 aliphatic rings. The van der Waals surface area contributed by atoms with Crippen LogP contribution in [0.4, 0.5) is 0 Å². The van der Waals surface area contributed by atoms with Crippen LogP contribution in [0.2, 0.25) is 0 Å². The fourth-order valence-electron chi connectivity index (χ4n) is 3.83. The number of aryl methyl sites for hydroxylation is 1. The molecule has 0 radical (unpaired) electrons. The molecule has 5 heteroatoms. The highest BCUT2D eigenvalue weighted by Crippen LogP contribution is 2.31. The Morgan fingerprint density at radius 2 is 1.92 bits per heavy atom. The maximum Gasteiger partial charge on any atom is 0.245 e. The average molecular weight is 348 g/mol. The largest absolute Gasteiger partial charge is 0.339 e. The van der Waals surface area contributed by atoms with E-state index in [1.807, 2.05) is 47.5 Å². The quantitative estimate of drug-likeness (QED) is 0.708. The molecule has 0 N–H and O–H groups in total. The molecule has 5 nitrogen and oxygen atoms in total. The lowest BCUT2D eigenvalue weighted by Crippen LogP contribution is -2.51. The second-order valence-electron chi connectivity index (χ2n) is 6.86. The van der Waals surface area contributed by atoms with Crippen LogP contribution in [0.3, 0.4) is 0 Å². The van der Waals surface area contributed by atoms with Gasteiger partial charge in [0.05, 0.1) is 11.0 Å². The number of rotatable bonds is 5. The van der Waals surface area contributed by atoms with Crippen molar-refractivity contribution < 1.29 is 4.79 Å². The monoisotopic (exact) mass is 348 g/mol. The first-order valence-corrected chi connectivity index (χ1v) is 9.38. The molecule has 2 aromatic heterocycles. The number of pyridine rings is 1. The molecule has 1 atom stereocenters. The van der Waals surface area contributed by atoms with Gasteiger partial charge in [0, 0.05) is 37.3 Å². The number of aromatic nitrogens is 3. The number of carbonyl (C=O) groups is 1. The van der Waals surface area contributed by atoms with Gasteiger partial charge in [-0.1, -0.05) is 32.0 Å². The van der Waals surface area contributed by atoms with Crippen molar-refractivity contribution in [2.45, 2.75) is 38.6 Å². The minimum absolute atomic E-state index is 0.192. The summed E-state index contributed by atoms with van der Waals surface area (Å²) in [5.41, 5.74) is 3.09. The van der Waals surface area contributed by atoms with Crippen molar-refractivity contribution in [3.8, 4) is 0 Å². The number of carbonyl (C=O) groups excluding carboxylic acids is 1. The minimum Gasteiger partial charge on any atom is -0.339 e. The number of hydrogen-bond donors (Lipinski definition) is 0. The van der Waals surface area contributed by atoms with Crippen molar-refractivity contribution in [2.24, 2.45) is 0 Å². The highest BCUT2D eigenvalue weighted by atomic mass is 16.2. The third-order valence-corrected chi connectivity index (χ3v) is 5.27. The Labute approximate surface area is 153 Å². The highest BCUT2D eigenvalue weighted by molar-refractivity contribution is 5.85. The van der Waals surface area contributed by atoms with Gasteiger partial charge in [-0.2, -0.15) is 0 Å². The molecule has 0 spiro atoms. The van der Waals surface area contributed by atoms with Gasteiger partial charge >= 0.3 is 0 Å². The van der Waals surface area contributed by atoms with Crippen LogP contribution in [0.25, 0.3) is 11.0 Å². The summed E-state index contributed by atoms with van der Waals surface area (Å²) in [7, 11) is 0. The normalized spacial score (nSPS) is 15.8. The molecule has 1 saturated heterocycles. The molecular formula is C21H24N4O. The maximum atomic E-state index is 13.2. The summed E-state index contributed by atoms with van der Waals surface area (Å²) in [6.45, 7) is 5.67. The fraction of sp³-hybridized carbons (Fsp3) is 0.381. The third kappa shape index (κ3) is 2.77. The van der Waals surface area contributed by atoms with Gasteiger partial charge in [-0.05, 0) is 30.7 Å². The zero-order chi connectivity index (χ0) is 18.1. The van der Waals surface area contributed by atoms with Crippen molar-refractivity contribution in [1.29, 1.82) is 0 Å². The molecule has 1 unspecified atom stereocenters. The Hall–Kier alpha value is -2.69. The molecule has 4 rings (SSSR count). The van der Waals surface area contributed by atoms with E-state index in [1.165, 1.54) is 0 Å². The minimum atomic E-state index is -0.193. The smallest absolute Gasteiger partial charge is 0.245 e. The highest BCUT2D eigenvalue weighted by Gasteiger charge is 2.36. The van der Waals surface area contributed by atoms with E-state index < -0.39 is 0 Å². The first-order valence-electron chi connectivity index (χ1n) is 9.38. The summed E-state index contributed by atoms with van der Waals surface area (Å²) in [6.07, 6.45) is 3.39. The van der Waals surface area contributed by atoms with Crippen LogP contribution in [-0.4, -0.2) is 38.4 Å². The molecule has 1 aromatic carbocycles. The Morgan fingerprint density at radius 1 is 1.15 bits per heavy atom. The van der Waals surface area contributed by atoms with E-state index in [0.717, 1.165) is 48.5 Å². The topological polar surface area (TPSA) is 51.0 Å². The lowest BCUT2D eigenvalue weighted by molar-refractivity contribution is -0.139. The first-order chi connectivity index (χ1) is 12.7. The van der Waals surface area contributed by atoms with Crippen molar-refractivity contribution in [1.82, 2.24) is 19.4 Å². The first kappa shape index (κ1) is 16.8. The predicted molar refractivity (Wildman–Crippen MR) is 102 cm³/mol. The molecule has 0 saturated carbocycles. The van der Waals surface area contributed by atoms with E-state index in [2.05, 4.69) is 29.5 Å². The predicted octanol–water partition coefficient (Wildman–Crippen LogP) is 3.57. The van der Waals surface area contributed by atoms with Gasteiger partial charge < -0.3 is 9.47 Å². The summed E-state index contributed by atoms with van der Waals surface area (Å²) < 4.78 is 2.14. The summed E-state index contributed by atoms with van der Waals surface area (Å²) in [5.74, 6) is 1.52. The second-order valence-corrected chi connectivity index (χ2v) is 6.86. The van der Waals surface area contributed by atoms with Crippen LogP contribution in [0, 0.1) is 0 Å². The Morgan fingerprint density at radius 3 is 2.62 bits per heavy atom. The number of likely N-dealkylation sites (tertiary alicyclic amines) is 1. The Bertz CT molecular complexity index is 912. The number of imidazole rings is 1. The van der Waals surface area contributed by atoms with Crippen molar-refractivity contribution in [3.63, 3.8) is 0 Å².